The first-order valence-corrected chi connectivity index (χ1v) is 15.6. The van der Waals surface area contributed by atoms with Gasteiger partial charge in [-0.05, 0) is 14.4 Å². The number of hydrogen-bond donors (Lipinski definition) is 0. The van der Waals surface area contributed by atoms with Crippen molar-refractivity contribution in [3.05, 3.63) is 71.2 Å². The van der Waals surface area contributed by atoms with Crippen LogP contribution in [0, 0.1) is 0 Å². The average molecular weight is 535 g/mol. The first-order chi connectivity index (χ1) is 15.2. The molecule has 0 bridgehead atoms. The minimum Gasteiger partial charge on any atom is -0.741 e. The largest absolute Gasteiger partial charge is 0.741 e. The van der Waals surface area contributed by atoms with Gasteiger partial charge in [-0.25, -0.2) is 8.42 Å². The minimum atomic E-state index is -6.09. The Hall–Kier alpha value is -1.73. The van der Waals surface area contributed by atoms with E-state index in [1.54, 1.807) is 11.5 Å². The van der Waals surface area contributed by atoms with Gasteiger partial charge in [0.2, 0.25) is 0 Å². The van der Waals surface area contributed by atoms with Crippen molar-refractivity contribution in [2.75, 3.05) is 0 Å². The van der Waals surface area contributed by atoms with Gasteiger partial charge in [0.05, 0.1) is 0 Å². The van der Waals surface area contributed by atoms with Crippen molar-refractivity contribution in [2.24, 2.45) is 7.05 Å². The van der Waals surface area contributed by atoms with Crippen LogP contribution < -0.4 is 14.4 Å². The Kier molecular flexibility index (Phi) is 9.28. The second-order valence-corrected chi connectivity index (χ2v) is 15.8. The van der Waals surface area contributed by atoms with E-state index >= 15 is 0 Å². The lowest BCUT2D eigenvalue weighted by molar-refractivity contribution is -0.664. The first-order valence-electron chi connectivity index (χ1n) is 9.81. The van der Waals surface area contributed by atoms with Gasteiger partial charge in [-0.2, -0.15) is 24.4 Å². The third kappa shape index (κ3) is 8.21. The van der Waals surface area contributed by atoms with Gasteiger partial charge in [0.1, 0.15) is 10.6 Å². The molecule has 3 aromatic rings. The van der Waals surface area contributed by atoms with Crippen molar-refractivity contribution in [3.8, 4) is 0 Å². The number of aryl methyl sites for hydroxylation is 1. The first kappa shape index (κ1) is 27.5. The molecule has 0 aliphatic rings. The summed E-state index contributed by atoms with van der Waals surface area (Å²) in [6.45, 7) is 6.75. The van der Waals surface area contributed by atoms with Crippen LogP contribution in [0.1, 0.15) is 31.3 Å². The Morgan fingerprint density at radius 3 is 1.79 bits per heavy atom. The normalized spacial score (nSPS) is 12.4. The molecule has 1 aromatic heterocycles. The Balaban J connectivity index is 0.000000414. The van der Waals surface area contributed by atoms with E-state index in [-0.39, 0.29) is 5.41 Å². The number of benzene rings is 2. The molecule has 0 fully saturated rings. The van der Waals surface area contributed by atoms with Crippen molar-refractivity contribution in [2.45, 2.75) is 37.4 Å². The summed E-state index contributed by atoms with van der Waals surface area (Å²) in [6.07, 6.45) is 0. The lowest BCUT2D eigenvalue weighted by Gasteiger charge is -2.17. The van der Waals surface area contributed by atoms with Crippen LogP contribution in [0.4, 0.5) is 13.2 Å². The Morgan fingerprint density at radius 1 is 1.00 bits per heavy atom. The third-order valence-corrected chi connectivity index (χ3v) is 11.9. The fourth-order valence-electron chi connectivity index (χ4n) is 2.88. The predicted octanol–water partition coefficient (Wildman–Crippen LogP) is 3.09. The second kappa shape index (κ2) is 11.1. The molecule has 33 heavy (non-hydrogen) atoms. The van der Waals surface area contributed by atoms with Gasteiger partial charge in [0, 0.05) is 16.3 Å². The van der Waals surface area contributed by atoms with Crippen LogP contribution in [-0.2, 0) is 28.3 Å². The number of aromatic nitrogens is 2. The molecular formula is C21H25F3N2O3S3Si. The highest BCUT2D eigenvalue weighted by Crippen LogP contribution is 2.28. The fraction of sp³-hybridized carbons (Fsp3) is 0.333. The standard InChI is InChI=1S/C20H25N2S2Si.CHF3O3S/c1-20(2,3)19-18(24-22(4)21-19)15-23-25(16-11-7-5-8-12-16)17-13-9-6-10-14-17;2-1(3,4)8(5,6)7/h5-14,25H,15H2,1-4H3;(H,5,6,7)/q+1;/p-1. The van der Waals surface area contributed by atoms with Crippen LogP contribution >= 0.6 is 22.7 Å². The molecule has 0 unspecified atom stereocenters. The molecule has 0 saturated carbocycles. The van der Waals surface area contributed by atoms with Gasteiger partial charge in [-0.15, -0.1) is 0 Å². The van der Waals surface area contributed by atoms with Crippen molar-refractivity contribution in [1.29, 1.82) is 0 Å². The van der Waals surface area contributed by atoms with Gasteiger partial charge >= 0.3 is 5.51 Å². The highest BCUT2D eigenvalue weighted by molar-refractivity contribution is 8.27. The van der Waals surface area contributed by atoms with Crippen molar-refractivity contribution in [1.82, 2.24) is 5.10 Å². The zero-order valence-electron chi connectivity index (χ0n) is 18.5. The van der Waals surface area contributed by atoms with E-state index < -0.39 is 23.6 Å². The van der Waals surface area contributed by atoms with Crippen LogP contribution in [0.15, 0.2) is 60.7 Å². The van der Waals surface area contributed by atoms with Gasteiger partial charge in [-0.3, -0.25) is 0 Å². The van der Waals surface area contributed by atoms with E-state index in [4.69, 9.17) is 18.1 Å². The molecule has 0 N–H and O–H groups in total. The maximum absolute atomic E-state index is 10.7. The van der Waals surface area contributed by atoms with Crippen molar-refractivity contribution < 1.29 is 30.2 Å². The van der Waals surface area contributed by atoms with Gasteiger partial charge in [0.25, 0.3) is 0 Å². The highest BCUT2D eigenvalue weighted by atomic mass is 32.4. The van der Waals surface area contributed by atoms with E-state index in [2.05, 4.69) is 92.6 Å². The molecule has 0 atom stereocenters. The summed E-state index contributed by atoms with van der Waals surface area (Å²) >= 11 is 3.90. The lowest BCUT2D eigenvalue weighted by atomic mass is 9.92. The van der Waals surface area contributed by atoms with Crippen LogP contribution in [0.2, 0.25) is 0 Å². The summed E-state index contributed by atoms with van der Waals surface area (Å²) < 4.78 is 60.9. The molecule has 0 aliphatic carbocycles. The number of hydrogen-bond acceptors (Lipinski definition) is 6. The molecular weight excluding hydrogens is 510 g/mol. The zero-order chi connectivity index (χ0) is 24.9. The van der Waals surface area contributed by atoms with Crippen LogP contribution in [0.5, 0.6) is 0 Å². The third-order valence-electron chi connectivity index (χ3n) is 4.33. The molecule has 180 valence electrons. The summed E-state index contributed by atoms with van der Waals surface area (Å²) in [4.78, 5) is 1.41. The molecule has 0 saturated heterocycles. The van der Waals surface area contributed by atoms with Gasteiger partial charge in [-0.1, -0.05) is 81.4 Å². The molecule has 1 heterocycles. The number of halogens is 3. The molecule has 0 aliphatic heterocycles. The molecule has 0 amide bonds. The molecule has 2 aromatic carbocycles. The van der Waals surface area contributed by atoms with Gasteiger partial charge < -0.3 is 4.55 Å². The summed E-state index contributed by atoms with van der Waals surface area (Å²) in [6, 6.07) is 22.0. The van der Waals surface area contributed by atoms with E-state index in [1.165, 1.54) is 20.9 Å². The number of rotatable bonds is 5. The highest BCUT2D eigenvalue weighted by Gasteiger charge is 2.37. The van der Waals surface area contributed by atoms with Gasteiger partial charge in [0.15, 0.2) is 36.6 Å². The molecule has 0 spiro atoms. The van der Waals surface area contributed by atoms with E-state index in [1.807, 2.05) is 11.1 Å². The predicted molar refractivity (Wildman–Crippen MR) is 128 cm³/mol. The lowest BCUT2D eigenvalue weighted by Crippen LogP contribution is -2.39. The molecule has 3 rings (SSSR count). The summed E-state index contributed by atoms with van der Waals surface area (Å²) in [7, 11) is -5.35. The average Bonchev–Trinajstić information content (AvgIpc) is 3.10. The molecule has 12 heteroatoms. The SMILES string of the molecule is C[n+]1nc(C(C)(C)C)c(CS[SiH](c2ccccc2)c2ccccc2)s1.O=S(=O)([O-])C(F)(F)F. The van der Waals surface area contributed by atoms with Crippen molar-refractivity contribution >= 4 is 51.2 Å². The van der Waals surface area contributed by atoms with E-state index in [9.17, 15) is 13.2 Å². The summed E-state index contributed by atoms with van der Waals surface area (Å²) in [5.41, 5.74) is -4.32. The summed E-state index contributed by atoms with van der Waals surface area (Å²) in [5.74, 6) is 1.03. The Labute approximate surface area is 201 Å². The van der Waals surface area contributed by atoms with E-state index in [0.29, 0.717) is 0 Å². The Bertz CT molecular complexity index is 1090. The minimum absolute atomic E-state index is 0.0875. The smallest absolute Gasteiger partial charge is 0.485 e. The monoisotopic (exact) mass is 534 g/mol. The van der Waals surface area contributed by atoms with Crippen LogP contribution in [0.25, 0.3) is 0 Å². The maximum atomic E-state index is 10.7. The summed E-state index contributed by atoms with van der Waals surface area (Å²) in [5, 5.41) is 7.72. The molecule has 5 nitrogen and oxygen atoms in total. The maximum Gasteiger partial charge on any atom is 0.485 e. The zero-order valence-corrected chi connectivity index (χ0v) is 22.1. The van der Waals surface area contributed by atoms with Crippen LogP contribution in [0.3, 0.4) is 0 Å². The topological polar surface area (TPSA) is 74.0 Å². The second-order valence-electron chi connectivity index (χ2n) is 8.09. The van der Waals surface area contributed by atoms with Crippen molar-refractivity contribution in [3.63, 3.8) is 0 Å². The molecule has 0 radical (unpaired) electrons. The quantitative estimate of drug-likeness (QED) is 0.218. The Morgan fingerprint density at radius 2 is 1.42 bits per heavy atom. The van der Waals surface area contributed by atoms with E-state index in [0.717, 1.165) is 5.75 Å². The fourth-order valence-corrected chi connectivity index (χ4v) is 10.0. The van der Waals surface area contributed by atoms with Crippen LogP contribution in [-0.4, -0.2) is 31.5 Å². The number of nitrogens with zero attached hydrogens (tertiary/aromatic N) is 2. The number of alkyl halides is 3.